The number of nitrogens with one attached hydrogen (secondary N) is 1. The molecule has 1 fully saturated rings. The first-order chi connectivity index (χ1) is 19.7. The van der Waals surface area contributed by atoms with Crippen molar-refractivity contribution >= 4 is 77.5 Å². The van der Waals surface area contributed by atoms with Gasteiger partial charge in [0.1, 0.15) is 10.4 Å². The zero-order chi connectivity index (χ0) is 28.6. The average Bonchev–Trinajstić information content (AvgIpc) is 3.48. The number of nitrogens with zero attached hydrogens (tertiary/aromatic N) is 5. The van der Waals surface area contributed by atoms with Gasteiger partial charge in [-0.2, -0.15) is 0 Å². The number of aromatic amines is 1. The quantitative estimate of drug-likeness (QED) is 0.219. The predicted octanol–water partition coefficient (Wildman–Crippen LogP) is 4.81. The van der Waals surface area contributed by atoms with Crippen molar-refractivity contribution in [2.45, 2.75) is 18.9 Å². The number of aromatic nitrogens is 4. The van der Waals surface area contributed by atoms with Crippen LogP contribution in [0, 0.1) is 10.1 Å². The molecular formula is C27H19ClN6O6S. The molecule has 1 aliphatic rings. The molecule has 0 amide bonds. The van der Waals surface area contributed by atoms with Gasteiger partial charge >= 0.3 is 17.3 Å². The van der Waals surface area contributed by atoms with Gasteiger partial charge in [-0.1, -0.05) is 23.7 Å². The molecule has 0 bridgehead atoms. The van der Waals surface area contributed by atoms with Gasteiger partial charge in [0.15, 0.2) is 5.65 Å². The number of nitro groups is 1. The minimum atomic E-state index is -1.41. The third-order valence-electron chi connectivity index (χ3n) is 7.59. The van der Waals surface area contributed by atoms with E-state index in [0.29, 0.717) is 42.0 Å². The molecular weight excluding hydrogens is 572 g/mol. The molecule has 0 unspecified atom stereocenters. The maximum absolute atomic E-state index is 13.4. The molecule has 0 spiro atoms. The van der Waals surface area contributed by atoms with Crippen LogP contribution in [0.2, 0.25) is 5.02 Å². The SMILES string of the molecule is O=C(O)c1c(=O)c2cc([N+](=O)[O-])c(N3CCC(n4c(=O)[nH]c5cc(Cl)ccc54)CC3)nc2n2c1sc1ccccc12. The van der Waals surface area contributed by atoms with Gasteiger partial charge in [-0.05, 0) is 43.2 Å². The molecule has 4 aromatic heterocycles. The van der Waals surface area contributed by atoms with E-state index in [-0.39, 0.29) is 39.1 Å². The van der Waals surface area contributed by atoms with E-state index in [0.717, 1.165) is 27.6 Å². The Morgan fingerprint density at radius 2 is 1.88 bits per heavy atom. The number of para-hydroxylation sites is 1. The van der Waals surface area contributed by atoms with Crippen molar-refractivity contribution in [3.8, 4) is 0 Å². The number of fused-ring (bicyclic) bond motifs is 6. The number of carbonyl (C=O) groups is 1. The van der Waals surface area contributed by atoms with Crippen molar-refractivity contribution in [2.75, 3.05) is 18.0 Å². The summed E-state index contributed by atoms with van der Waals surface area (Å²) in [4.78, 5) is 59.3. The number of hydrogen-bond acceptors (Lipinski definition) is 8. The maximum Gasteiger partial charge on any atom is 0.342 e. The summed E-state index contributed by atoms with van der Waals surface area (Å²) in [5.74, 6) is -1.32. The fourth-order valence-corrected chi connectivity index (χ4v) is 7.12. The van der Waals surface area contributed by atoms with Crippen molar-refractivity contribution in [3.05, 3.63) is 89.9 Å². The van der Waals surface area contributed by atoms with E-state index in [1.807, 2.05) is 6.07 Å². The zero-order valence-electron chi connectivity index (χ0n) is 21.0. The zero-order valence-corrected chi connectivity index (χ0v) is 22.6. The molecule has 0 radical (unpaired) electrons. The molecule has 5 heterocycles. The number of carboxylic acid groups (broad SMARTS) is 1. The fourth-order valence-electron chi connectivity index (χ4n) is 5.77. The van der Waals surface area contributed by atoms with Gasteiger partial charge in [0.25, 0.3) is 0 Å². The highest BCUT2D eigenvalue weighted by atomic mass is 35.5. The standard InChI is InChI=1S/C27H19ClN6O6S/c28-13-5-6-17-16(11-13)29-27(38)32(17)14-7-9-31(10-8-14)24-19(34(39)40)12-15-22(35)21(26(36)37)25-33(23(15)30-24)18-3-1-2-4-20(18)41-25/h1-6,11-12,14H,7-10H2,(H,29,38)(H,36,37). The van der Waals surface area contributed by atoms with Crippen LogP contribution in [-0.4, -0.2) is 48.0 Å². The average molecular weight is 591 g/mol. The number of pyridine rings is 2. The molecule has 7 rings (SSSR count). The van der Waals surface area contributed by atoms with Gasteiger partial charge < -0.3 is 15.0 Å². The number of carboxylic acids is 1. The Kier molecular flexibility index (Phi) is 5.63. The minimum absolute atomic E-state index is 0.0885. The normalized spacial score (nSPS) is 14.5. The van der Waals surface area contributed by atoms with Gasteiger partial charge in [-0.25, -0.2) is 14.6 Å². The molecule has 0 saturated carbocycles. The summed E-state index contributed by atoms with van der Waals surface area (Å²) in [5.41, 5.74) is 0.249. The smallest absolute Gasteiger partial charge is 0.342 e. The molecule has 0 atom stereocenters. The summed E-state index contributed by atoms with van der Waals surface area (Å²) in [7, 11) is 0. The number of aromatic carboxylic acids is 1. The summed E-state index contributed by atoms with van der Waals surface area (Å²) >= 11 is 7.23. The Morgan fingerprint density at radius 3 is 2.61 bits per heavy atom. The first-order valence-corrected chi connectivity index (χ1v) is 13.9. The van der Waals surface area contributed by atoms with Gasteiger partial charge in [0.05, 0.1) is 31.6 Å². The summed E-state index contributed by atoms with van der Waals surface area (Å²) < 4.78 is 4.03. The molecule has 12 nitrogen and oxygen atoms in total. The monoisotopic (exact) mass is 590 g/mol. The number of thiazole rings is 1. The molecule has 6 aromatic rings. The van der Waals surface area contributed by atoms with E-state index < -0.39 is 21.9 Å². The van der Waals surface area contributed by atoms with Crippen LogP contribution in [0.1, 0.15) is 29.2 Å². The first-order valence-electron chi connectivity index (χ1n) is 12.7. The number of rotatable bonds is 4. The van der Waals surface area contributed by atoms with E-state index in [4.69, 9.17) is 11.6 Å². The van der Waals surface area contributed by atoms with Crippen LogP contribution in [0.4, 0.5) is 11.5 Å². The van der Waals surface area contributed by atoms with Gasteiger partial charge in [0.2, 0.25) is 11.2 Å². The van der Waals surface area contributed by atoms with E-state index in [9.17, 15) is 29.6 Å². The lowest BCUT2D eigenvalue weighted by atomic mass is 10.0. The summed E-state index contributed by atoms with van der Waals surface area (Å²) in [6.45, 7) is 0.735. The van der Waals surface area contributed by atoms with Crippen molar-refractivity contribution < 1.29 is 14.8 Å². The van der Waals surface area contributed by atoms with Crippen molar-refractivity contribution in [2.24, 2.45) is 0 Å². The molecule has 0 aliphatic carbocycles. The van der Waals surface area contributed by atoms with E-state index in [2.05, 4.69) is 9.97 Å². The Bertz CT molecular complexity index is 2210. The number of imidazole rings is 1. The lowest BCUT2D eigenvalue weighted by molar-refractivity contribution is -0.384. The third-order valence-corrected chi connectivity index (χ3v) is 8.97. The summed E-state index contributed by atoms with van der Waals surface area (Å²) in [6, 6.07) is 13.4. The number of H-pyrrole nitrogens is 1. The minimum Gasteiger partial charge on any atom is -0.477 e. The molecule has 1 saturated heterocycles. The molecule has 14 heteroatoms. The molecule has 206 valence electrons. The van der Waals surface area contributed by atoms with Crippen molar-refractivity contribution in [3.63, 3.8) is 0 Å². The van der Waals surface area contributed by atoms with Crippen LogP contribution in [0.3, 0.4) is 0 Å². The number of hydrogen-bond donors (Lipinski definition) is 2. The Balaban J connectivity index is 1.36. The molecule has 1 aliphatic heterocycles. The number of piperidine rings is 1. The van der Waals surface area contributed by atoms with Gasteiger partial charge in [-0.15, -0.1) is 11.3 Å². The van der Waals surface area contributed by atoms with Crippen LogP contribution in [-0.2, 0) is 0 Å². The van der Waals surface area contributed by atoms with Crippen molar-refractivity contribution in [1.29, 1.82) is 0 Å². The summed E-state index contributed by atoms with van der Waals surface area (Å²) in [6.07, 6.45) is 1.03. The van der Waals surface area contributed by atoms with Crippen LogP contribution in [0.5, 0.6) is 0 Å². The predicted molar refractivity (Wildman–Crippen MR) is 156 cm³/mol. The Hall–Kier alpha value is -4.75. The third kappa shape index (κ3) is 3.80. The lowest BCUT2D eigenvalue weighted by Gasteiger charge is -2.33. The highest BCUT2D eigenvalue weighted by Gasteiger charge is 2.31. The second kappa shape index (κ2) is 9.14. The van der Waals surface area contributed by atoms with E-state index in [1.165, 1.54) is 0 Å². The van der Waals surface area contributed by atoms with Crippen LogP contribution < -0.4 is 16.0 Å². The maximum atomic E-state index is 13.4. The largest absolute Gasteiger partial charge is 0.477 e. The second-order valence-corrected chi connectivity index (χ2v) is 11.3. The van der Waals surface area contributed by atoms with Crippen LogP contribution >= 0.6 is 22.9 Å². The van der Waals surface area contributed by atoms with Crippen molar-refractivity contribution in [1.82, 2.24) is 18.9 Å². The second-order valence-electron chi connectivity index (χ2n) is 9.86. The topological polar surface area (TPSA) is 156 Å². The van der Waals surface area contributed by atoms with E-state index >= 15 is 0 Å². The van der Waals surface area contributed by atoms with Gasteiger partial charge in [-0.3, -0.25) is 23.9 Å². The number of anilines is 1. The lowest BCUT2D eigenvalue weighted by Crippen LogP contribution is -2.37. The Labute approximate surface area is 237 Å². The fraction of sp³-hybridized carbons (Fsp3) is 0.185. The highest BCUT2D eigenvalue weighted by Crippen LogP contribution is 2.36. The summed E-state index contributed by atoms with van der Waals surface area (Å²) in [5, 5.41) is 22.4. The van der Waals surface area contributed by atoms with E-state index in [1.54, 1.807) is 50.3 Å². The first kappa shape index (κ1) is 25.2. The van der Waals surface area contributed by atoms with Crippen LogP contribution in [0.25, 0.3) is 37.1 Å². The number of benzene rings is 2. The number of halogens is 1. The molecule has 2 aromatic carbocycles. The molecule has 2 N–H and O–H groups in total. The van der Waals surface area contributed by atoms with Gasteiger partial charge in [0, 0.05) is 30.2 Å². The van der Waals surface area contributed by atoms with Crippen LogP contribution in [0.15, 0.2) is 58.1 Å². The highest BCUT2D eigenvalue weighted by molar-refractivity contribution is 7.24. The Morgan fingerprint density at radius 1 is 1.12 bits per heavy atom. The molecule has 41 heavy (non-hydrogen) atoms.